The van der Waals surface area contributed by atoms with Crippen molar-refractivity contribution in [3.05, 3.63) is 69.4 Å². The fourth-order valence-electron chi connectivity index (χ4n) is 3.26. The summed E-state index contributed by atoms with van der Waals surface area (Å²) in [4.78, 5) is 27.4. The van der Waals surface area contributed by atoms with Crippen molar-refractivity contribution in [3.8, 4) is 11.5 Å². The van der Waals surface area contributed by atoms with Crippen molar-refractivity contribution in [3.63, 3.8) is 0 Å². The van der Waals surface area contributed by atoms with Gasteiger partial charge >= 0.3 is 0 Å². The van der Waals surface area contributed by atoms with Crippen LogP contribution in [0.25, 0.3) is 0 Å². The van der Waals surface area contributed by atoms with E-state index in [2.05, 4.69) is 17.6 Å². The fraction of sp³-hybridized carbons (Fsp3) is 0.280. The molecule has 1 aromatic heterocycles. The molecule has 3 aromatic rings. The van der Waals surface area contributed by atoms with Crippen LogP contribution in [0.15, 0.2) is 48.5 Å². The predicted molar refractivity (Wildman–Crippen MR) is 130 cm³/mol. The Bertz CT molecular complexity index is 1090. The molecule has 0 aliphatic heterocycles. The monoisotopic (exact) mass is 452 g/mol. The molecule has 2 aromatic carbocycles. The third kappa shape index (κ3) is 5.48. The van der Waals surface area contributed by atoms with Crippen LogP contribution in [0.2, 0.25) is 0 Å². The van der Waals surface area contributed by atoms with Crippen LogP contribution < -0.4 is 20.1 Å². The maximum absolute atomic E-state index is 12.9. The summed E-state index contributed by atoms with van der Waals surface area (Å²) in [5, 5.41) is 5.83. The van der Waals surface area contributed by atoms with Gasteiger partial charge in [0.15, 0.2) is 0 Å². The van der Waals surface area contributed by atoms with Gasteiger partial charge in [-0.2, -0.15) is 0 Å². The van der Waals surface area contributed by atoms with E-state index in [0.717, 1.165) is 12.0 Å². The van der Waals surface area contributed by atoms with Gasteiger partial charge in [0.25, 0.3) is 11.8 Å². The Balaban J connectivity index is 1.92. The fourth-order valence-corrected chi connectivity index (χ4v) is 4.26. The van der Waals surface area contributed by atoms with Crippen LogP contribution in [0.1, 0.15) is 51.2 Å². The third-order valence-corrected chi connectivity index (χ3v) is 6.16. The van der Waals surface area contributed by atoms with Crippen molar-refractivity contribution in [2.45, 2.75) is 34.1 Å². The number of carbonyl (C=O) groups is 2. The molecular weight excluding hydrogens is 424 g/mol. The van der Waals surface area contributed by atoms with Crippen LogP contribution >= 0.6 is 11.3 Å². The molecule has 0 atom stereocenters. The zero-order valence-electron chi connectivity index (χ0n) is 18.8. The van der Waals surface area contributed by atoms with E-state index in [9.17, 15) is 9.59 Å². The van der Waals surface area contributed by atoms with E-state index < -0.39 is 0 Å². The van der Waals surface area contributed by atoms with Gasteiger partial charge in [0.1, 0.15) is 11.5 Å². The number of rotatable bonds is 9. The maximum atomic E-state index is 12.9. The summed E-state index contributed by atoms with van der Waals surface area (Å²) in [7, 11) is 0. The summed E-state index contributed by atoms with van der Waals surface area (Å²) >= 11 is 1.49. The highest BCUT2D eigenvalue weighted by Gasteiger charge is 2.19. The molecular formula is C25H28N2O4S. The van der Waals surface area contributed by atoms with Gasteiger partial charge in [-0.25, -0.2) is 0 Å². The predicted octanol–water partition coefficient (Wildman–Crippen LogP) is 5.92. The zero-order chi connectivity index (χ0) is 23.1. The SMILES string of the molecule is CCOc1cc(NC(=O)c2cc(C)c(CC)s2)c(OCC)cc1NC(=O)c1ccccc1. The van der Waals surface area contributed by atoms with Crippen molar-refractivity contribution >= 4 is 34.5 Å². The first kappa shape index (κ1) is 23.3. The van der Waals surface area contributed by atoms with Crippen LogP contribution in [0.5, 0.6) is 11.5 Å². The summed E-state index contributed by atoms with van der Waals surface area (Å²) in [6, 6.07) is 14.2. The topological polar surface area (TPSA) is 76.7 Å². The highest BCUT2D eigenvalue weighted by Crippen LogP contribution is 2.38. The molecule has 0 bridgehead atoms. The summed E-state index contributed by atoms with van der Waals surface area (Å²) in [6.07, 6.45) is 0.887. The minimum atomic E-state index is -0.257. The van der Waals surface area contributed by atoms with E-state index in [1.807, 2.05) is 32.9 Å². The smallest absolute Gasteiger partial charge is 0.265 e. The third-order valence-electron chi connectivity index (χ3n) is 4.78. The standard InChI is InChI=1S/C25H28N2O4S/c1-5-22-16(4)13-23(32-22)25(29)27-19-15-20(30-6-2)18(14-21(19)31-7-3)26-24(28)17-11-9-8-10-12-17/h8-15H,5-7H2,1-4H3,(H,26,28)(H,27,29). The molecule has 2 amide bonds. The highest BCUT2D eigenvalue weighted by atomic mass is 32.1. The molecule has 6 nitrogen and oxygen atoms in total. The maximum Gasteiger partial charge on any atom is 0.265 e. The first-order valence-electron chi connectivity index (χ1n) is 10.7. The Morgan fingerprint density at radius 1 is 0.844 bits per heavy atom. The molecule has 3 rings (SSSR count). The van der Waals surface area contributed by atoms with Gasteiger partial charge in [0.05, 0.1) is 29.5 Å². The Kier molecular flexibility index (Phi) is 7.89. The van der Waals surface area contributed by atoms with Gasteiger partial charge in [0, 0.05) is 22.6 Å². The van der Waals surface area contributed by atoms with Crippen LogP contribution in [0.4, 0.5) is 11.4 Å². The van der Waals surface area contributed by atoms with E-state index in [1.165, 1.54) is 16.2 Å². The number of carbonyl (C=O) groups excluding carboxylic acids is 2. The number of ether oxygens (including phenoxy) is 2. The summed E-state index contributed by atoms with van der Waals surface area (Å²) in [5.74, 6) is 0.443. The Labute approximate surface area is 192 Å². The van der Waals surface area contributed by atoms with Crippen LogP contribution in [0, 0.1) is 6.92 Å². The molecule has 0 aliphatic carbocycles. The molecule has 32 heavy (non-hydrogen) atoms. The number of anilines is 2. The second kappa shape index (κ2) is 10.8. The number of benzene rings is 2. The summed E-state index contributed by atoms with van der Waals surface area (Å²) in [6.45, 7) is 8.61. The highest BCUT2D eigenvalue weighted by molar-refractivity contribution is 7.14. The van der Waals surface area contributed by atoms with E-state index in [-0.39, 0.29) is 11.8 Å². The molecule has 168 valence electrons. The normalized spacial score (nSPS) is 10.5. The lowest BCUT2D eigenvalue weighted by atomic mass is 10.2. The van der Waals surface area contributed by atoms with Gasteiger partial charge in [0.2, 0.25) is 0 Å². The molecule has 1 heterocycles. The second-order valence-corrected chi connectivity index (χ2v) is 8.19. The molecule has 2 N–H and O–H groups in total. The number of nitrogens with one attached hydrogen (secondary N) is 2. The van der Waals surface area contributed by atoms with E-state index in [4.69, 9.17) is 9.47 Å². The number of hydrogen-bond donors (Lipinski definition) is 2. The van der Waals surface area contributed by atoms with Gasteiger partial charge in [-0.1, -0.05) is 25.1 Å². The van der Waals surface area contributed by atoms with Crippen LogP contribution in [0.3, 0.4) is 0 Å². The molecule has 0 saturated heterocycles. The largest absolute Gasteiger partial charge is 0.492 e. The lowest BCUT2D eigenvalue weighted by molar-refractivity contribution is 0.101. The van der Waals surface area contributed by atoms with Gasteiger partial charge in [-0.15, -0.1) is 11.3 Å². The lowest BCUT2D eigenvalue weighted by Crippen LogP contribution is -2.15. The number of aryl methyl sites for hydroxylation is 2. The molecule has 0 saturated carbocycles. The minimum Gasteiger partial charge on any atom is -0.492 e. The molecule has 0 radical (unpaired) electrons. The number of thiophene rings is 1. The van der Waals surface area contributed by atoms with E-state index >= 15 is 0 Å². The van der Waals surface area contributed by atoms with Gasteiger partial charge < -0.3 is 20.1 Å². The summed E-state index contributed by atoms with van der Waals surface area (Å²) in [5.41, 5.74) is 2.61. The number of hydrogen-bond acceptors (Lipinski definition) is 5. The molecule has 7 heteroatoms. The average molecular weight is 453 g/mol. The molecule has 0 fully saturated rings. The van der Waals surface area contributed by atoms with Gasteiger partial charge in [-0.05, 0) is 51.0 Å². The first-order valence-corrected chi connectivity index (χ1v) is 11.5. The number of amides is 2. The first-order chi connectivity index (χ1) is 15.5. The van der Waals surface area contributed by atoms with Crippen LogP contribution in [-0.4, -0.2) is 25.0 Å². The average Bonchev–Trinajstić information content (AvgIpc) is 3.18. The molecule has 0 spiro atoms. The molecule has 0 aliphatic rings. The van der Waals surface area contributed by atoms with Crippen molar-refractivity contribution in [2.24, 2.45) is 0 Å². The Morgan fingerprint density at radius 3 is 1.91 bits per heavy atom. The van der Waals surface area contributed by atoms with Crippen molar-refractivity contribution < 1.29 is 19.1 Å². The van der Waals surface area contributed by atoms with Crippen molar-refractivity contribution in [2.75, 3.05) is 23.8 Å². The quantitative estimate of drug-likeness (QED) is 0.422. The van der Waals surface area contributed by atoms with E-state index in [0.29, 0.717) is 46.5 Å². The van der Waals surface area contributed by atoms with Crippen LogP contribution in [-0.2, 0) is 6.42 Å². The van der Waals surface area contributed by atoms with Crippen molar-refractivity contribution in [1.82, 2.24) is 0 Å². The lowest BCUT2D eigenvalue weighted by Gasteiger charge is -2.17. The second-order valence-electron chi connectivity index (χ2n) is 7.06. The van der Waals surface area contributed by atoms with Crippen molar-refractivity contribution in [1.29, 1.82) is 0 Å². The van der Waals surface area contributed by atoms with E-state index in [1.54, 1.807) is 36.4 Å². The Morgan fingerprint density at radius 2 is 1.41 bits per heavy atom. The zero-order valence-corrected chi connectivity index (χ0v) is 19.6. The molecule has 0 unspecified atom stereocenters. The summed E-state index contributed by atoms with van der Waals surface area (Å²) < 4.78 is 11.5. The van der Waals surface area contributed by atoms with Gasteiger partial charge in [-0.3, -0.25) is 9.59 Å². The minimum absolute atomic E-state index is 0.206. The Hall–Kier alpha value is -3.32.